The fourth-order valence-electron chi connectivity index (χ4n) is 1.35. The second-order valence-corrected chi connectivity index (χ2v) is 4.22. The van der Waals surface area contributed by atoms with E-state index in [1.807, 2.05) is 0 Å². The van der Waals surface area contributed by atoms with E-state index in [1.165, 1.54) is 30.6 Å². The summed E-state index contributed by atoms with van der Waals surface area (Å²) >= 11 is 3.23. The first-order valence-electron chi connectivity index (χ1n) is 4.89. The Bertz CT molecular complexity index is 619. The minimum absolute atomic E-state index is 0.108. The number of nitrogens with zero attached hydrogens (tertiary/aromatic N) is 2. The fourth-order valence-corrected chi connectivity index (χ4v) is 1.78. The van der Waals surface area contributed by atoms with E-state index in [1.54, 1.807) is 6.07 Å². The van der Waals surface area contributed by atoms with Gasteiger partial charge < -0.3 is 10.5 Å². The molecule has 0 aliphatic rings. The van der Waals surface area contributed by atoms with Crippen molar-refractivity contribution in [2.24, 2.45) is 0 Å². The number of hydrogen-bond acceptors (Lipinski definition) is 4. The van der Waals surface area contributed by atoms with Crippen molar-refractivity contribution >= 4 is 21.6 Å². The van der Waals surface area contributed by atoms with Crippen molar-refractivity contribution in [3.63, 3.8) is 0 Å². The van der Waals surface area contributed by atoms with Gasteiger partial charge in [0.05, 0.1) is 16.4 Å². The van der Waals surface area contributed by atoms with E-state index in [0.717, 1.165) is 0 Å². The molecule has 0 saturated heterocycles. The van der Waals surface area contributed by atoms with Gasteiger partial charge in [-0.2, -0.15) is 5.26 Å². The molecule has 0 amide bonds. The SMILES string of the molecule is N#Cc1c(F)cccc1Oc1c(N)cncc1Br. The molecule has 0 unspecified atom stereocenters. The maximum Gasteiger partial charge on any atom is 0.167 e. The normalized spacial score (nSPS) is 9.83. The van der Waals surface area contributed by atoms with Crippen molar-refractivity contribution in [1.29, 1.82) is 5.26 Å². The average Bonchev–Trinajstić information content (AvgIpc) is 2.34. The molecule has 4 nitrogen and oxygen atoms in total. The summed E-state index contributed by atoms with van der Waals surface area (Å²) in [5.74, 6) is -0.234. The maximum absolute atomic E-state index is 13.4. The van der Waals surface area contributed by atoms with Gasteiger partial charge in [-0.25, -0.2) is 4.39 Å². The third kappa shape index (κ3) is 2.26. The smallest absolute Gasteiger partial charge is 0.167 e. The lowest BCUT2D eigenvalue weighted by Crippen LogP contribution is -1.97. The topological polar surface area (TPSA) is 71.9 Å². The molecule has 0 atom stereocenters. The number of nitriles is 1. The number of ether oxygens (including phenoxy) is 1. The summed E-state index contributed by atoms with van der Waals surface area (Å²) < 4.78 is 19.4. The molecule has 2 N–H and O–H groups in total. The van der Waals surface area contributed by atoms with Crippen LogP contribution in [0.1, 0.15) is 5.56 Å². The van der Waals surface area contributed by atoms with Crippen molar-refractivity contribution < 1.29 is 9.13 Å². The summed E-state index contributed by atoms with van der Waals surface area (Å²) in [6, 6.07) is 5.89. The molecule has 1 aromatic carbocycles. The molecule has 0 fully saturated rings. The van der Waals surface area contributed by atoms with Crippen molar-refractivity contribution in [1.82, 2.24) is 4.98 Å². The molecule has 0 aliphatic heterocycles. The molecule has 0 saturated carbocycles. The summed E-state index contributed by atoms with van der Waals surface area (Å²) in [5.41, 5.74) is 5.83. The quantitative estimate of drug-likeness (QED) is 0.924. The van der Waals surface area contributed by atoms with E-state index in [4.69, 9.17) is 15.7 Å². The first-order valence-corrected chi connectivity index (χ1v) is 5.68. The van der Waals surface area contributed by atoms with Crippen LogP contribution < -0.4 is 10.5 Å². The summed E-state index contributed by atoms with van der Waals surface area (Å²) in [5, 5.41) is 8.89. The molecule has 90 valence electrons. The molecule has 6 heteroatoms. The standard InChI is InChI=1S/C12H7BrFN3O/c13-8-5-17-6-10(16)12(8)18-11-3-1-2-9(14)7(11)4-15/h1-3,5-6H,16H2. The molecule has 0 aliphatic carbocycles. The van der Waals surface area contributed by atoms with E-state index < -0.39 is 5.82 Å². The Labute approximate surface area is 111 Å². The average molecular weight is 308 g/mol. The van der Waals surface area contributed by atoms with Gasteiger partial charge >= 0.3 is 0 Å². The van der Waals surface area contributed by atoms with Gasteiger partial charge in [0.25, 0.3) is 0 Å². The molecule has 0 spiro atoms. The summed E-state index contributed by atoms with van der Waals surface area (Å²) in [6.45, 7) is 0. The van der Waals surface area contributed by atoms with Gasteiger partial charge in [-0.15, -0.1) is 0 Å². The van der Waals surface area contributed by atoms with E-state index in [0.29, 0.717) is 10.2 Å². The van der Waals surface area contributed by atoms with Gasteiger partial charge in [0.15, 0.2) is 5.75 Å². The highest BCUT2D eigenvalue weighted by atomic mass is 79.9. The second-order valence-electron chi connectivity index (χ2n) is 3.37. The molecular formula is C12H7BrFN3O. The number of pyridine rings is 1. The number of anilines is 1. The van der Waals surface area contributed by atoms with Crippen LogP contribution in [0.15, 0.2) is 35.1 Å². The number of benzene rings is 1. The van der Waals surface area contributed by atoms with Crippen molar-refractivity contribution in [2.45, 2.75) is 0 Å². The number of rotatable bonds is 2. The predicted molar refractivity (Wildman–Crippen MR) is 67.5 cm³/mol. The van der Waals surface area contributed by atoms with Crippen molar-refractivity contribution in [3.05, 3.63) is 46.4 Å². The Kier molecular flexibility index (Phi) is 3.44. The highest BCUT2D eigenvalue weighted by Gasteiger charge is 2.13. The lowest BCUT2D eigenvalue weighted by atomic mass is 10.2. The van der Waals surface area contributed by atoms with Gasteiger partial charge in [0.1, 0.15) is 23.2 Å². The Morgan fingerprint density at radius 3 is 2.83 bits per heavy atom. The summed E-state index contributed by atoms with van der Waals surface area (Å²) in [6.07, 6.45) is 2.91. The van der Waals surface area contributed by atoms with Gasteiger partial charge in [0, 0.05) is 6.20 Å². The number of halogens is 2. The second kappa shape index (κ2) is 5.02. The predicted octanol–water partition coefficient (Wildman–Crippen LogP) is 3.23. The van der Waals surface area contributed by atoms with Crippen LogP contribution in [-0.2, 0) is 0 Å². The molecule has 2 aromatic rings. The Hall–Kier alpha value is -2.13. The molecule has 1 heterocycles. The van der Waals surface area contributed by atoms with Crippen LogP contribution in [0, 0.1) is 17.1 Å². The van der Waals surface area contributed by atoms with Crippen LogP contribution in [0.5, 0.6) is 11.5 Å². The summed E-state index contributed by atoms with van der Waals surface area (Å²) in [4.78, 5) is 3.86. The monoisotopic (exact) mass is 307 g/mol. The number of aromatic nitrogens is 1. The third-order valence-electron chi connectivity index (χ3n) is 2.18. The minimum atomic E-state index is -0.640. The molecule has 2 rings (SSSR count). The Morgan fingerprint density at radius 1 is 1.39 bits per heavy atom. The van der Waals surface area contributed by atoms with Gasteiger partial charge in [-0.3, -0.25) is 4.98 Å². The third-order valence-corrected chi connectivity index (χ3v) is 2.74. The summed E-state index contributed by atoms with van der Waals surface area (Å²) in [7, 11) is 0. The van der Waals surface area contributed by atoms with Crippen LogP contribution in [0.2, 0.25) is 0 Å². The van der Waals surface area contributed by atoms with E-state index in [-0.39, 0.29) is 17.0 Å². The van der Waals surface area contributed by atoms with Crippen LogP contribution in [0.3, 0.4) is 0 Å². The minimum Gasteiger partial charge on any atom is -0.452 e. The fraction of sp³-hybridized carbons (Fsp3) is 0. The van der Waals surface area contributed by atoms with Crippen molar-refractivity contribution in [2.75, 3.05) is 5.73 Å². The number of nitrogens with two attached hydrogens (primary N) is 1. The van der Waals surface area contributed by atoms with Crippen molar-refractivity contribution in [3.8, 4) is 17.6 Å². The zero-order chi connectivity index (χ0) is 13.1. The molecule has 18 heavy (non-hydrogen) atoms. The van der Waals surface area contributed by atoms with Crippen LogP contribution in [0.25, 0.3) is 0 Å². The Morgan fingerprint density at radius 2 is 2.17 bits per heavy atom. The van der Waals surface area contributed by atoms with E-state index >= 15 is 0 Å². The number of hydrogen-bond donors (Lipinski definition) is 1. The van der Waals surface area contributed by atoms with Crippen LogP contribution in [0.4, 0.5) is 10.1 Å². The zero-order valence-corrected chi connectivity index (χ0v) is 10.6. The molecule has 0 radical (unpaired) electrons. The maximum atomic E-state index is 13.4. The van der Waals surface area contributed by atoms with E-state index in [2.05, 4.69) is 20.9 Å². The molecular weight excluding hydrogens is 301 g/mol. The van der Waals surface area contributed by atoms with Gasteiger partial charge in [-0.1, -0.05) is 6.07 Å². The largest absolute Gasteiger partial charge is 0.452 e. The van der Waals surface area contributed by atoms with Crippen LogP contribution in [-0.4, -0.2) is 4.98 Å². The van der Waals surface area contributed by atoms with Gasteiger partial charge in [-0.05, 0) is 28.1 Å². The number of nitrogen functional groups attached to an aromatic ring is 1. The van der Waals surface area contributed by atoms with Crippen LogP contribution >= 0.6 is 15.9 Å². The zero-order valence-electron chi connectivity index (χ0n) is 9.02. The lowest BCUT2D eigenvalue weighted by Gasteiger charge is -2.11. The van der Waals surface area contributed by atoms with E-state index in [9.17, 15) is 4.39 Å². The Balaban J connectivity index is 2.48. The molecule has 1 aromatic heterocycles. The highest BCUT2D eigenvalue weighted by Crippen LogP contribution is 2.35. The molecule has 0 bridgehead atoms. The first-order chi connectivity index (χ1) is 8.63. The lowest BCUT2D eigenvalue weighted by molar-refractivity contribution is 0.473. The van der Waals surface area contributed by atoms with Gasteiger partial charge in [0.2, 0.25) is 0 Å². The first kappa shape index (κ1) is 12.3. The highest BCUT2D eigenvalue weighted by molar-refractivity contribution is 9.10.